The molecule has 104 valence electrons. The van der Waals surface area contributed by atoms with Crippen molar-refractivity contribution < 1.29 is 9.18 Å². The van der Waals surface area contributed by atoms with Crippen molar-refractivity contribution >= 4 is 28.5 Å². The summed E-state index contributed by atoms with van der Waals surface area (Å²) in [4.78, 5) is 12.0. The summed E-state index contributed by atoms with van der Waals surface area (Å²) in [7, 11) is 0. The third-order valence-corrected chi connectivity index (χ3v) is 3.78. The fraction of sp³-hybridized carbons (Fsp3) is 0.133. The highest BCUT2D eigenvalue weighted by molar-refractivity contribution is 14.1. The van der Waals surface area contributed by atoms with Crippen LogP contribution in [-0.2, 0) is 0 Å². The lowest BCUT2D eigenvalue weighted by atomic mass is 10.1. The molecule has 0 saturated carbocycles. The predicted molar refractivity (Wildman–Crippen MR) is 84.8 cm³/mol. The first kappa shape index (κ1) is 14.9. The molecule has 2 aromatic carbocycles. The summed E-state index contributed by atoms with van der Waals surface area (Å²) in [5, 5.41) is 2.77. The highest BCUT2D eigenvalue weighted by atomic mass is 127. The van der Waals surface area contributed by atoms with E-state index in [0.717, 1.165) is 5.56 Å². The lowest BCUT2D eigenvalue weighted by molar-refractivity contribution is 0.0950. The van der Waals surface area contributed by atoms with Crippen LogP contribution >= 0.6 is 22.6 Å². The van der Waals surface area contributed by atoms with Crippen molar-refractivity contribution in [1.82, 2.24) is 5.32 Å². The van der Waals surface area contributed by atoms with E-state index in [-0.39, 0.29) is 17.8 Å². The third kappa shape index (κ3) is 3.77. The van der Waals surface area contributed by atoms with Crippen LogP contribution in [0.25, 0.3) is 0 Å². The zero-order valence-corrected chi connectivity index (χ0v) is 12.8. The van der Waals surface area contributed by atoms with Gasteiger partial charge in [0.25, 0.3) is 5.91 Å². The van der Waals surface area contributed by atoms with Gasteiger partial charge in [-0.15, -0.1) is 0 Å². The lowest BCUT2D eigenvalue weighted by Gasteiger charge is -2.13. The molecule has 0 aliphatic rings. The van der Waals surface area contributed by atoms with Gasteiger partial charge in [0, 0.05) is 16.2 Å². The van der Waals surface area contributed by atoms with Gasteiger partial charge in [0.05, 0.1) is 5.56 Å². The maximum atomic E-state index is 13.0. The minimum Gasteiger partial charge on any atom is -0.350 e. The molecule has 5 heteroatoms. The van der Waals surface area contributed by atoms with E-state index in [9.17, 15) is 9.18 Å². The van der Waals surface area contributed by atoms with Crippen molar-refractivity contribution in [3.05, 3.63) is 69.0 Å². The average molecular weight is 384 g/mol. The molecule has 0 bridgehead atoms. The van der Waals surface area contributed by atoms with E-state index in [1.165, 1.54) is 18.2 Å². The Morgan fingerprint density at radius 2 is 1.95 bits per heavy atom. The molecule has 1 atom stereocenters. The molecule has 2 rings (SSSR count). The number of amides is 1. The van der Waals surface area contributed by atoms with Crippen molar-refractivity contribution in [3.63, 3.8) is 0 Å². The van der Waals surface area contributed by atoms with E-state index in [0.29, 0.717) is 15.7 Å². The maximum absolute atomic E-state index is 13.0. The number of rotatable bonds is 4. The SMILES string of the molecule is NC(CNC(=O)c1ccc(F)cc1I)c1ccccc1. The number of hydrogen-bond donors (Lipinski definition) is 2. The van der Waals surface area contributed by atoms with E-state index in [2.05, 4.69) is 5.32 Å². The molecule has 1 amide bonds. The van der Waals surface area contributed by atoms with Crippen molar-refractivity contribution in [2.45, 2.75) is 6.04 Å². The fourth-order valence-electron chi connectivity index (χ4n) is 1.79. The highest BCUT2D eigenvalue weighted by Gasteiger charge is 2.12. The van der Waals surface area contributed by atoms with Gasteiger partial charge in [-0.05, 0) is 46.4 Å². The number of carbonyl (C=O) groups is 1. The van der Waals surface area contributed by atoms with Crippen LogP contribution in [0.2, 0.25) is 0 Å². The Kier molecular flexibility index (Phi) is 5.08. The summed E-state index contributed by atoms with van der Waals surface area (Å²) < 4.78 is 13.6. The second-order valence-corrected chi connectivity index (χ2v) is 5.51. The van der Waals surface area contributed by atoms with Crippen LogP contribution in [0, 0.1) is 9.39 Å². The number of benzene rings is 2. The molecule has 1 unspecified atom stereocenters. The van der Waals surface area contributed by atoms with Crippen LogP contribution in [-0.4, -0.2) is 12.5 Å². The maximum Gasteiger partial charge on any atom is 0.252 e. The van der Waals surface area contributed by atoms with Gasteiger partial charge in [0.15, 0.2) is 0 Å². The van der Waals surface area contributed by atoms with Crippen molar-refractivity contribution in [2.24, 2.45) is 5.73 Å². The minimum absolute atomic E-state index is 0.249. The molecule has 2 aromatic rings. The Balaban J connectivity index is 1.99. The zero-order valence-electron chi connectivity index (χ0n) is 10.6. The average Bonchev–Trinajstić information content (AvgIpc) is 2.45. The Bertz CT molecular complexity index is 604. The molecule has 0 saturated heterocycles. The molecule has 0 fully saturated rings. The smallest absolute Gasteiger partial charge is 0.252 e. The largest absolute Gasteiger partial charge is 0.350 e. The molecule has 0 spiro atoms. The standard InChI is InChI=1S/C15H14FIN2O/c16-11-6-7-12(13(17)8-11)15(20)19-9-14(18)10-4-2-1-3-5-10/h1-8,14H,9,18H2,(H,19,20). The lowest BCUT2D eigenvalue weighted by Crippen LogP contribution is -2.32. The van der Waals surface area contributed by atoms with E-state index in [1.807, 2.05) is 52.9 Å². The summed E-state index contributed by atoms with van der Waals surface area (Å²) in [5.74, 6) is -0.604. The van der Waals surface area contributed by atoms with Gasteiger partial charge in [-0.2, -0.15) is 0 Å². The molecule has 0 aliphatic heterocycles. The number of carbonyl (C=O) groups excluding carboxylic acids is 1. The first-order valence-corrected chi connectivity index (χ1v) is 7.19. The van der Waals surface area contributed by atoms with E-state index >= 15 is 0 Å². The number of hydrogen-bond acceptors (Lipinski definition) is 2. The van der Waals surface area contributed by atoms with Crippen LogP contribution in [0.15, 0.2) is 48.5 Å². The predicted octanol–water partition coefficient (Wildman–Crippen LogP) is 2.86. The highest BCUT2D eigenvalue weighted by Crippen LogP contribution is 2.14. The molecular formula is C15H14FIN2O. The second-order valence-electron chi connectivity index (χ2n) is 4.35. The first-order valence-electron chi connectivity index (χ1n) is 6.11. The Morgan fingerprint density at radius 3 is 2.60 bits per heavy atom. The monoisotopic (exact) mass is 384 g/mol. The van der Waals surface area contributed by atoms with Gasteiger partial charge in [-0.25, -0.2) is 4.39 Å². The van der Waals surface area contributed by atoms with Gasteiger partial charge in [-0.1, -0.05) is 30.3 Å². The third-order valence-electron chi connectivity index (χ3n) is 2.89. The van der Waals surface area contributed by atoms with Crippen LogP contribution in [0.1, 0.15) is 22.0 Å². The van der Waals surface area contributed by atoms with Crippen LogP contribution in [0.5, 0.6) is 0 Å². The van der Waals surface area contributed by atoms with Crippen LogP contribution in [0.4, 0.5) is 4.39 Å². The Hall–Kier alpha value is -1.47. The molecular weight excluding hydrogens is 370 g/mol. The van der Waals surface area contributed by atoms with E-state index < -0.39 is 0 Å². The van der Waals surface area contributed by atoms with E-state index in [1.54, 1.807) is 0 Å². The molecule has 20 heavy (non-hydrogen) atoms. The quantitative estimate of drug-likeness (QED) is 0.797. The van der Waals surface area contributed by atoms with Gasteiger partial charge in [0.1, 0.15) is 5.82 Å². The summed E-state index contributed by atoms with van der Waals surface area (Å²) in [6.07, 6.45) is 0. The first-order chi connectivity index (χ1) is 9.58. The number of halogens is 2. The minimum atomic E-state index is -0.355. The van der Waals surface area contributed by atoms with Crippen molar-refractivity contribution in [2.75, 3.05) is 6.54 Å². The van der Waals surface area contributed by atoms with Gasteiger partial charge < -0.3 is 11.1 Å². The molecule has 0 aromatic heterocycles. The molecule has 0 heterocycles. The Labute approximate surface area is 130 Å². The number of nitrogens with two attached hydrogens (primary N) is 1. The zero-order chi connectivity index (χ0) is 14.5. The normalized spacial score (nSPS) is 11.9. The van der Waals surface area contributed by atoms with Crippen LogP contribution in [0.3, 0.4) is 0 Å². The van der Waals surface area contributed by atoms with Gasteiger partial charge in [0.2, 0.25) is 0 Å². The number of nitrogens with one attached hydrogen (secondary N) is 1. The summed E-state index contributed by atoms with van der Waals surface area (Å²) in [6.45, 7) is 0.330. The van der Waals surface area contributed by atoms with Crippen LogP contribution < -0.4 is 11.1 Å². The second kappa shape index (κ2) is 6.81. The molecule has 0 aliphatic carbocycles. The molecule has 0 radical (unpaired) electrons. The van der Waals surface area contributed by atoms with Gasteiger partial charge >= 0.3 is 0 Å². The van der Waals surface area contributed by atoms with E-state index in [4.69, 9.17) is 5.73 Å². The summed E-state index contributed by atoms with van der Waals surface area (Å²) >= 11 is 1.94. The molecule has 3 nitrogen and oxygen atoms in total. The summed E-state index contributed by atoms with van der Waals surface area (Å²) in [5.41, 5.74) is 7.42. The summed E-state index contributed by atoms with van der Waals surface area (Å²) in [6, 6.07) is 13.4. The Morgan fingerprint density at radius 1 is 1.25 bits per heavy atom. The van der Waals surface area contributed by atoms with Crippen molar-refractivity contribution in [3.8, 4) is 0 Å². The van der Waals surface area contributed by atoms with Gasteiger partial charge in [-0.3, -0.25) is 4.79 Å². The molecule has 3 N–H and O–H groups in total. The fourth-order valence-corrected chi connectivity index (χ4v) is 2.51. The topological polar surface area (TPSA) is 55.1 Å². The van der Waals surface area contributed by atoms with Crippen molar-refractivity contribution in [1.29, 1.82) is 0 Å².